The molecule has 0 atom stereocenters. The number of halogens is 1. The van der Waals surface area contributed by atoms with Gasteiger partial charge in [-0.2, -0.15) is 0 Å². The van der Waals surface area contributed by atoms with E-state index in [1.165, 1.54) is 12.1 Å². The van der Waals surface area contributed by atoms with Gasteiger partial charge in [0.2, 0.25) is 0 Å². The van der Waals surface area contributed by atoms with Crippen LogP contribution in [0.5, 0.6) is 0 Å². The Labute approximate surface area is 89.0 Å². The molecule has 2 heteroatoms. The van der Waals surface area contributed by atoms with E-state index in [0.29, 0.717) is 11.4 Å². The van der Waals surface area contributed by atoms with Gasteiger partial charge in [0.05, 0.1) is 11.4 Å². The van der Waals surface area contributed by atoms with E-state index in [1.807, 2.05) is 0 Å². The van der Waals surface area contributed by atoms with Gasteiger partial charge in [-0.25, -0.2) is 9.38 Å². The molecular formula is C13H12FN. The Hall–Kier alpha value is -1.96. The quantitative estimate of drug-likeness (QED) is 0.522. The van der Waals surface area contributed by atoms with Crippen LogP contribution in [0.1, 0.15) is 5.56 Å². The summed E-state index contributed by atoms with van der Waals surface area (Å²) in [6.45, 7) is 10.9. The summed E-state index contributed by atoms with van der Waals surface area (Å²) in [6, 6.07) is 6.05. The lowest BCUT2D eigenvalue weighted by Gasteiger charge is -2.01. The van der Waals surface area contributed by atoms with Crippen molar-refractivity contribution in [2.24, 2.45) is 4.99 Å². The molecule has 0 fully saturated rings. The molecule has 15 heavy (non-hydrogen) atoms. The van der Waals surface area contributed by atoms with E-state index in [-0.39, 0.29) is 5.82 Å². The van der Waals surface area contributed by atoms with Gasteiger partial charge in [0, 0.05) is 5.56 Å². The molecule has 1 aromatic carbocycles. The van der Waals surface area contributed by atoms with Crippen LogP contribution in [0.15, 0.2) is 66.8 Å². The lowest BCUT2D eigenvalue weighted by molar-refractivity contribution is 0.628. The first-order valence-corrected chi connectivity index (χ1v) is 4.45. The minimum absolute atomic E-state index is 0.273. The minimum atomic E-state index is -0.273. The summed E-state index contributed by atoms with van der Waals surface area (Å²) in [7, 11) is 0. The largest absolute Gasteiger partial charge is 0.249 e. The number of nitrogens with zero attached hydrogens (tertiary/aromatic N) is 1. The van der Waals surface area contributed by atoms with E-state index in [4.69, 9.17) is 0 Å². The van der Waals surface area contributed by atoms with Crippen molar-refractivity contribution in [2.75, 3.05) is 0 Å². The smallest absolute Gasteiger partial charge is 0.123 e. The van der Waals surface area contributed by atoms with E-state index in [2.05, 4.69) is 24.7 Å². The van der Waals surface area contributed by atoms with Crippen LogP contribution in [-0.4, -0.2) is 5.71 Å². The molecule has 0 radical (unpaired) electrons. The molecule has 0 saturated heterocycles. The van der Waals surface area contributed by atoms with Gasteiger partial charge in [0.1, 0.15) is 5.82 Å². The first-order chi connectivity index (χ1) is 7.17. The highest BCUT2D eigenvalue weighted by atomic mass is 19.1. The summed E-state index contributed by atoms with van der Waals surface area (Å²) in [5, 5.41) is 0. The number of benzene rings is 1. The molecule has 0 aromatic heterocycles. The predicted octanol–water partition coefficient (Wildman–Crippen LogP) is 3.50. The van der Waals surface area contributed by atoms with Crippen molar-refractivity contribution >= 4 is 5.71 Å². The van der Waals surface area contributed by atoms with Crippen molar-refractivity contribution in [1.82, 2.24) is 0 Å². The third kappa shape index (κ3) is 3.02. The van der Waals surface area contributed by atoms with Gasteiger partial charge in [-0.1, -0.05) is 19.7 Å². The standard InChI is InChI=1S/C13H12FN/c1-4-10(3)15-13(5-2)11-6-8-12(14)9-7-11/h4-9H,1-3H2/b15-13+. The molecule has 1 aromatic rings. The summed E-state index contributed by atoms with van der Waals surface area (Å²) >= 11 is 0. The lowest BCUT2D eigenvalue weighted by atomic mass is 10.1. The third-order valence-electron chi connectivity index (χ3n) is 1.83. The van der Waals surface area contributed by atoms with Crippen molar-refractivity contribution in [3.05, 3.63) is 73.2 Å². The SMILES string of the molecule is C=CC(=C)/N=C(\C=C)c1ccc(F)cc1. The number of hydrogen-bond donors (Lipinski definition) is 0. The van der Waals surface area contributed by atoms with Crippen molar-refractivity contribution in [3.63, 3.8) is 0 Å². The van der Waals surface area contributed by atoms with Gasteiger partial charge in [-0.3, -0.25) is 0 Å². The van der Waals surface area contributed by atoms with Crippen molar-refractivity contribution in [2.45, 2.75) is 0 Å². The maximum absolute atomic E-state index is 12.7. The first kappa shape index (κ1) is 11.1. The summed E-state index contributed by atoms with van der Waals surface area (Å²) in [5.74, 6) is -0.273. The van der Waals surface area contributed by atoms with Gasteiger partial charge >= 0.3 is 0 Å². The highest BCUT2D eigenvalue weighted by Crippen LogP contribution is 2.07. The molecule has 0 amide bonds. The average Bonchev–Trinajstić information content (AvgIpc) is 2.27. The molecule has 0 N–H and O–H groups in total. The number of rotatable bonds is 4. The van der Waals surface area contributed by atoms with Gasteiger partial charge in [0.15, 0.2) is 0 Å². The van der Waals surface area contributed by atoms with Gasteiger partial charge in [-0.15, -0.1) is 0 Å². The molecule has 76 valence electrons. The number of allylic oxidation sites excluding steroid dienone is 2. The van der Waals surface area contributed by atoms with Crippen molar-refractivity contribution < 1.29 is 4.39 Å². The second-order valence-electron chi connectivity index (χ2n) is 2.90. The average molecular weight is 201 g/mol. The van der Waals surface area contributed by atoms with Crippen LogP contribution in [0.25, 0.3) is 0 Å². The Morgan fingerprint density at radius 1 is 1.13 bits per heavy atom. The molecule has 0 unspecified atom stereocenters. The second kappa shape index (κ2) is 5.05. The molecule has 0 heterocycles. The fraction of sp³-hybridized carbons (Fsp3) is 0. The molecule has 0 aliphatic carbocycles. The lowest BCUT2D eigenvalue weighted by Crippen LogP contribution is -1.96. The predicted molar refractivity (Wildman–Crippen MR) is 62.5 cm³/mol. The van der Waals surface area contributed by atoms with E-state index >= 15 is 0 Å². The Morgan fingerprint density at radius 2 is 1.73 bits per heavy atom. The Balaban J connectivity index is 3.07. The zero-order chi connectivity index (χ0) is 11.3. The molecular weight excluding hydrogens is 189 g/mol. The number of hydrogen-bond acceptors (Lipinski definition) is 1. The fourth-order valence-corrected chi connectivity index (χ4v) is 1.05. The number of aliphatic imine (C=N–C) groups is 1. The van der Waals surface area contributed by atoms with Crippen LogP contribution in [-0.2, 0) is 0 Å². The van der Waals surface area contributed by atoms with E-state index in [1.54, 1.807) is 24.3 Å². The maximum atomic E-state index is 12.7. The Kier molecular flexibility index (Phi) is 3.75. The van der Waals surface area contributed by atoms with Gasteiger partial charge < -0.3 is 0 Å². The minimum Gasteiger partial charge on any atom is -0.249 e. The third-order valence-corrected chi connectivity index (χ3v) is 1.83. The summed E-state index contributed by atoms with van der Waals surface area (Å²) < 4.78 is 12.7. The molecule has 0 spiro atoms. The highest BCUT2D eigenvalue weighted by Gasteiger charge is 1.99. The van der Waals surface area contributed by atoms with Crippen LogP contribution in [0.2, 0.25) is 0 Å². The van der Waals surface area contributed by atoms with Crippen LogP contribution >= 0.6 is 0 Å². The molecule has 0 aliphatic heterocycles. The topological polar surface area (TPSA) is 12.4 Å². The zero-order valence-electron chi connectivity index (χ0n) is 8.41. The zero-order valence-corrected chi connectivity index (χ0v) is 8.41. The molecule has 1 rings (SSSR count). The van der Waals surface area contributed by atoms with Gasteiger partial charge in [0.25, 0.3) is 0 Å². The molecule has 1 nitrogen and oxygen atoms in total. The fourth-order valence-electron chi connectivity index (χ4n) is 1.05. The van der Waals surface area contributed by atoms with Crippen LogP contribution < -0.4 is 0 Å². The monoisotopic (exact) mass is 201 g/mol. The maximum Gasteiger partial charge on any atom is 0.123 e. The Morgan fingerprint density at radius 3 is 2.20 bits per heavy atom. The van der Waals surface area contributed by atoms with Gasteiger partial charge in [-0.05, 0) is 36.4 Å². The molecule has 0 aliphatic rings. The highest BCUT2D eigenvalue weighted by molar-refractivity contribution is 6.08. The van der Waals surface area contributed by atoms with Crippen molar-refractivity contribution in [3.8, 4) is 0 Å². The second-order valence-corrected chi connectivity index (χ2v) is 2.90. The molecule has 0 saturated carbocycles. The Bertz CT molecular complexity index is 413. The summed E-state index contributed by atoms with van der Waals surface area (Å²) in [5.41, 5.74) is 2.00. The van der Waals surface area contributed by atoms with Crippen LogP contribution in [0, 0.1) is 5.82 Å². The van der Waals surface area contributed by atoms with E-state index in [0.717, 1.165) is 5.56 Å². The first-order valence-electron chi connectivity index (χ1n) is 4.45. The summed E-state index contributed by atoms with van der Waals surface area (Å²) in [6.07, 6.45) is 3.15. The normalized spacial score (nSPS) is 10.9. The molecule has 0 bridgehead atoms. The summed E-state index contributed by atoms with van der Waals surface area (Å²) in [4.78, 5) is 4.18. The van der Waals surface area contributed by atoms with E-state index in [9.17, 15) is 4.39 Å². The van der Waals surface area contributed by atoms with Crippen LogP contribution in [0.4, 0.5) is 4.39 Å². The van der Waals surface area contributed by atoms with Crippen molar-refractivity contribution in [1.29, 1.82) is 0 Å². The van der Waals surface area contributed by atoms with Crippen LogP contribution in [0.3, 0.4) is 0 Å². The van der Waals surface area contributed by atoms with E-state index < -0.39 is 0 Å².